The molecule has 1 aliphatic heterocycles. The summed E-state index contributed by atoms with van der Waals surface area (Å²) in [6.07, 6.45) is 9.31. The summed E-state index contributed by atoms with van der Waals surface area (Å²) in [4.78, 5) is 16.9. The number of carbonyl (C=O) groups excluding carboxylic acids is 1. The lowest BCUT2D eigenvalue weighted by molar-refractivity contribution is 0.0962. The number of aromatic nitrogens is 1. The zero-order chi connectivity index (χ0) is 16.8. The quantitative estimate of drug-likeness (QED) is 0.819. The molecule has 25 heavy (non-hydrogen) atoms. The van der Waals surface area contributed by atoms with E-state index in [9.17, 15) is 4.79 Å². The molecule has 0 unspecified atom stereocenters. The van der Waals surface area contributed by atoms with Crippen LogP contribution in [0.3, 0.4) is 0 Å². The van der Waals surface area contributed by atoms with Crippen molar-refractivity contribution >= 4 is 34.0 Å². The molecule has 124 valence electrons. The minimum atomic E-state index is -0.258. The zero-order valence-electron chi connectivity index (χ0n) is 13.0. The number of benzene rings is 1. The molecule has 0 spiro atoms. The molecule has 0 atom stereocenters. The van der Waals surface area contributed by atoms with E-state index in [2.05, 4.69) is 40.1 Å². The molecule has 1 aromatic carbocycles. The summed E-state index contributed by atoms with van der Waals surface area (Å²) in [6.45, 7) is 0.185. The van der Waals surface area contributed by atoms with E-state index in [-0.39, 0.29) is 12.7 Å². The molecule has 0 saturated heterocycles. The van der Waals surface area contributed by atoms with Crippen LogP contribution in [0, 0.1) is 0 Å². The van der Waals surface area contributed by atoms with Crippen LogP contribution in [0.15, 0.2) is 42.0 Å². The molecule has 7 heteroatoms. The lowest BCUT2D eigenvalue weighted by atomic mass is 10.0. The van der Waals surface area contributed by atoms with Gasteiger partial charge in [0.05, 0.1) is 9.88 Å². The smallest absolute Gasteiger partial charge is 0.269 e. The van der Waals surface area contributed by atoms with E-state index >= 15 is 0 Å². The number of anilines is 1. The Bertz CT molecular complexity index is 1080. The monoisotopic (exact) mass is 351 g/mol. The molecule has 0 radical (unpaired) electrons. The van der Waals surface area contributed by atoms with E-state index in [1.807, 2.05) is 0 Å². The molecule has 1 aromatic heterocycles. The fourth-order valence-electron chi connectivity index (χ4n) is 3.01. The molecular weight excluding hydrogens is 338 g/mol. The number of hydrogen-bond acceptors (Lipinski definition) is 6. The number of rotatable bonds is 3. The summed E-state index contributed by atoms with van der Waals surface area (Å²) in [5.74, 6) is 0.974. The minimum absolute atomic E-state index is 0.185. The maximum atomic E-state index is 12.3. The van der Waals surface area contributed by atoms with E-state index in [1.165, 1.54) is 22.5 Å². The first kappa shape index (κ1) is 14.3. The van der Waals surface area contributed by atoms with Crippen LogP contribution >= 0.6 is 11.3 Å². The number of allylic oxidation sites excluding steroid dienone is 4. The Kier molecular flexibility index (Phi) is 3.14. The zero-order valence-corrected chi connectivity index (χ0v) is 13.9. The number of ether oxygens (including phenoxy) is 2. The Labute approximate surface area is 146 Å². The topological polar surface area (TPSA) is 72.5 Å². The molecule has 0 saturated carbocycles. The molecular formula is C18H13N3O3S. The van der Waals surface area contributed by atoms with Crippen LogP contribution in [-0.2, 0) is 0 Å². The lowest BCUT2D eigenvalue weighted by Gasteiger charge is -2.07. The largest absolute Gasteiger partial charge is 0.454 e. The van der Waals surface area contributed by atoms with Crippen molar-refractivity contribution in [2.45, 2.75) is 6.42 Å². The number of nitrogens with zero attached hydrogens (tertiary/aromatic N) is 1. The van der Waals surface area contributed by atoms with Crippen molar-refractivity contribution in [3.8, 4) is 11.5 Å². The van der Waals surface area contributed by atoms with Crippen molar-refractivity contribution in [1.29, 1.82) is 0 Å². The van der Waals surface area contributed by atoms with Gasteiger partial charge in [0.1, 0.15) is 0 Å². The first-order chi connectivity index (χ1) is 12.3. The highest BCUT2D eigenvalue weighted by Gasteiger charge is 2.18. The van der Waals surface area contributed by atoms with Gasteiger partial charge in [-0.25, -0.2) is 4.98 Å². The Hall–Kier alpha value is -3.06. The Morgan fingerprint density at radius 1 is 1.24 bits per heavy atom. The molecule has 0 bridgehead atoms. The van der Waals surface area contributed by atoms with Gasteiger partial charge in [-0.15, -0.1) is 0 Å². The molecule has 2 heterocycles. The van der Waals surface area contributed by atoms with E-state index < -0.39 is 0 Å². The number of thiazole rings is 1. The van der Waals surface area contributed by atoms with Gasteiger partial charge in [-0.3, -0.25) is 15.6 Å². The second kappa shape index (κ2) is 5.49. The number of carbonyl (C=O) groups is 1. The van der Waals surface area contributed by atoms with Crippen molar-refractivity contribution in [3.05, 3.63) is 57.4 Å². The summed E-state index contributed by atoms with van der Waals surface area (Å²) >= 11 is 1.52. The molecule has 1 amide bonds. The molecule has 2 N–H and O–H groups in total. The van der Waals surface area contributed by atoms with Crippen LogP contribution in [0.5, 0.6) is 11.5 Å². The molecule has 0 fully saturated rings. The highest BCUT2D eigenvalue weighted by atomic mass is 32.1. The van der Waals surface area contributed by atoms with Crippen LogP contribution in [0.1, 0.15) is 16.8 Å². The fraction of sp³-hybridized carbons (Fsp3) is 0.111. The molecule has 2 aliphatic carbocycles. The maximum Gasteiger partial charge on any atom is 0.269 e. The average molecular weight is 351 g/mol. The SMILES string of the molecule is O=C(NNc1nc2c(s1)=CC1=CC=CCC=21)c1ccc2c(c1)OCO2. The second-order valence-corrected chi connectivity index (χ2v) is 6.79. The summed E-state index contributed by atoms with van der Waals surface area (Å²) in [6, 6.07) is 5.09. The number of nitrogens with one attached hydrogen (secondary N) is 2. The lowest BCUT2D eigenvalue weighted by Crippen LogP contribution is -2.29. The van der Waals surface area contributed by atoms with Crippen LogP contribution in [0.4, 0.5) is 5.13 Å². The Morgan fingerprint density at radius 3 is 3.12 bits per heavy atom. The summed E-state index contributed by atoms with van der Waals surface area (Å²) in [5.41, 5.74) is 8.54. The fourth-order valence-corrected chi connectivity index (χ4v) is 3.90. The minimum Gasteiger partial charge on any atom is -0.454 e. The third kappa shape index (κ3) is 2.40. The van der Waals surface area contributed by atoms with Crippen molar-refractivity contribution in [3.63, 3.8) is 0 Å². The Morgan fingerprint density at radius 2 is 2.16 bits per heavy atom. The van der Waals surface area contributed by atoms with Crippen molar-refractivity contribution in [2.75, 3.05) is 12.2 Å². The van der Waals surface area contributed by atoms with Crippen molar-refractivity contribution < 1.29 is 14.3 Å². The third-order valence-electron chi connectivity index (χ3n) is 4.23. The van der Waals surface area contributed by atoms with Crippen LogP contribution in [0.2, 0.25) is 0 Å². The van der Waals surface area contributed by atoms with Crippen LogP contribution in [-0.4, -0.2) is 17.7 Å². The summed E-state index contributed by atoms with van der Waals surface area (Å²) in [5, 5.41) is 1.66. The maximum absolute atomic E-state index is 12.3. The van der Waals surface area contributed by atoms with Gasteiger partial charge >= 0.3 is 0 Å². The van der Waals surface area contributed by atoms with Gasteiger partial charge in [0.25, 0.3) is 5.91 Å². The average Bonchev–Trinajstić information content (AvgIpc) is 3.32. The molecule has 3 aliphatic rings. The van der Waals surface area contributed by atoms with E-state index in [0.29, 0.717) is 22.2 Å². The number of fused-ring (bicyclic) bond motifs is 3. The third-order valence-corrected chi connectivity index (χ3v) is 5.14. The highest BCUT2D eigenvalue weighted by Crippen LogP contribution is 2.32. The first-order valence-electron chi connectivity index (χ1n) is 7.83. The van der Waals surface area contributed by atoms with Crippen LogP contribution in [0.25, 0.3) is 11.6 Å². The van der Waals surface area contributed by atoms with Crippen molar-refractivity contribution in [1.82, 2.24) is 10.4 Å². The van der Waals surface area contributed by atoms with Gasteiger partial charge in [0.2, 0.25) is 11.9 Å². The molecule has 5 rings (SSSR count). The van der Waals surface area contributed by atoms with Crippen LogP contribution < -0.4 is 30.2 Å². The van der Waals surface area contributed by atoms with Gasteiger partial charge in [-0.2, -0.15) is 0 Å². The van der Waals surface area contributed by atoms with Gasteiger partial charge in [-0.05, 0) is 41.8 Å². The summed E-state index contributed by atoms with van der Waals surface area (Å²) in [7, 11) is 0. The first-order valence-corrected chi connectivity index (χ1v) is 8.64. The normalized spacial score (nSPS) is 16.0. The predicted molar refractivity (Wildman–Crippen MR) is 94.7 cm³/mol. The predicted octanol–water partition coefficient (Wildman–Crippen LogP) is 1.46. The van der Waals surface area contributed by atoms with Gasteiger partial charge in [0, 0.05) is 5.56 Å². The number of amides is 1. The van der Waals surface area contributed by atoms with E-state index in [1.54, 1.807) is 18.2 Å². The molecule has 6 nitrogen and oxygen atoms in total. The highest BCUT2D eigenvalue weighted by molar-refractivity contribution is 7.13. The second-order valence-electron chi connectivity index (χ2n) is 5.76. The van der Waals surface area contributed by atoms with Gasteiger partial charge in [0.15, 0.2) is 11.5 Å². The molecule has 2 aromatic rings. The van der Waals surface area contributed by atoms with E-state index in [0.717, 1.165) is 16.3 Å². The van der Waals surface area contributed by atoms with Crippen molar-refractivity contribution in [2.24, 2.45) is 0 Å². The van der Waals surface area contributed by atoms with Gasteiger partial charge < -0.3 is 9.47 Å². The summed E-state index contributed by atoms with van der Waals surface area (Å²) < 4.78 is 11.7. The number of hydrazine groups is 1. The number of hydrogen-bond donors (Lipinski definition) is 2. The van der Waals surface area contributed by atoms with E-state index in [4.69, 9.17) is 9.47 Å². The standard InChI is InChI=1S/C18H13N3O3S/c22-17(11-5-6-13-14(7-11)24-9-23-13)20-21-18-19-16-12-4-2-1-3-10(12)8-15(16)25-18/h1-3,5-8H,4,9H2,(H,19,21)(H,20,22). The Balaban J connectivity index is 1.33. The van der Waals surface area contributed by atoms with Gasteiger partial charge in [-0.1, -0.05) is 29.6 Å².